The van der Waals surface area contributed by atoms with Crippen LogP contribution in [0.4, 0.5) is 0 Å². The maximum absolute atomic E-state index is 9.81. The summed E-state index contributed by atoms with van der Waals surface area (Å²) >= 11 is 0. The molecule has 1 aliphatic rings. The monoisotopic (exact) mass is 266 g/mol. The number of methoxy groups -OCH3 is 2. The lowest BCUT2D eigenvalue weighted by Gasteiger charge is -2.23. The van der Waals surface area contributed by atoms with Gasteiger partial charge in [0.15, 0.2) is 11.5 Å². The second-order valence-corrected chi connectivity index (χ2v) is 4.08. The fourth-order valence-corrected chi connectivity index (χ4v) is 1.81. The van der Waals surface area contributed by atoms with Crippen LogP contribution in [0.2, 0.25) is 0 Å². The summed E-state index contributed by atoms with van der Waals surface area (Å²) < 4.78 is 15.4. The normalized spacial score (nSPS) is 15.8. The van der Waals surface area contributed by atoms with Gasteiger partial charge in [-0.3, -0.25) is 5.01 Å². The molecule has 104 valence electrons. The van der Waals surface area contributed by atoms with Crippen LogP contribution in [0.15, 0.2) is 17.2 Å². The molecule has 19 heavy (non-hydrogen) atoms. The highest BCUT2D eigenvalue weighted by Crippen LogP contribution is 2.36. The van der Waals surface area contributed by atoms with Crippen molar-refractivity contribution in [3.8, 4) is 17.2 Å². The Morgan fingerprint density at radius 1 is 1.21 bits per heavy atom. The molecule has 1 heterocycles. The first-order valence-electron chi connectivity index (χ1n) is 6.06. The largest absolute Gasteiger partial charge is 0.502 e. The number of phenols is 1. The number of morpholine rings is 1. The summed E-state index contributed by atoms with van der Waals surface area (Å²) in [5, 5.41) is 16.1. The number of hydrogen-bond acceptors (Lipinski definition) is 6. The van der Waals surface area contributed by atoms with Gasteiger partial charge in [0.25, 0.3) is 0 Å². The minimum Gasteiger partial charge on any atom is -0.502 e. The van der Waals surface area contributed by atoms with Crippen LogP contribution in [0.3, 0.4) is 0 Å². The summed E-state index contributed by atoms with van der Waals surface area (Å²) in [5.74, 6) is 0.721. The van der Waals surface area contributed by atoms with Gasteiger partial charge in [-0.2, -0.15) is 5.10 Å². The van der Waals surface area contributed by atoms with Gasteiger partial charge >= 0.3 is 0 Å². The number of hydrogen-bond donors (Lipinski definition) is 1. The molecule has 0 atom stereocenters. The first kappa shape index (κ1) is 13.5. The van der Waals surface area contributed by atoms with Crippen molar-refractivity contribution in [2.45, 2.75) is 0 Å². The Morgan fingerprint density at radius 3 is 2.32 bits per heavy atom. The molecule has 1 saturated heterocycles. The van der Waals surface area contributed by atoms with Crippen molar-refractivity contribution in [3.05, 3.63) is 17.7 Å². The first-order valence-corrected chi connectivity index (χ1v) is 6.06. The molecule has 0 amide bonds. The van der Waals surface area contributed by atoms with Crippen molar-refractivity contribution in [2.24, 2.45) is 5.10 Å². The van der Waals surface area contributed by atoms with E-state index in [2.05, 4.69) is 5.10 Å². The lowest BCUT2D eigenvalue weighted by atomic mass is 10.2. The van der Waals surface area contributed by atoms with Crippen LogP contribution in [0.1, 0.15) is 5.56 Å². The number of ether oxygens (including phenoxy) is 3. The van der Waals surface area contributed by atoms with Crippen molar-refractivity contribution >= 4 is 6.21 Å². The Bertz CT molecular complexity index is 431. The quantitative estimate of drug-likeness (QED) is 0.826. The van der Waals surface area contributed by atoms with E-state index in [0.29, 0.717) is 24.7 Å². The minimum absolute atomic E-state index is 0.00600. The Hall–Kier alpha value is -1.95. The molecule has 1 aliphatic heterocycles. The van der Waals surface area contributed by atoms with E-state index in [0.717, 1.165) is 18.7 Å². The van der Waals surface area contributed by atoms with Crippen molar-refractivity contribution in [2.75, 3.05) is 40.5 Å². The highest BCUT2D eigenvalue weighted by atomic mass is 16.5. The van der Waals surface area contributed by atoms with Gasteiger partial charge in [-0.1, -0.05) is 0 Å². The van der Waals surface area contributed by atoms with E-state index in [9.17, 15) is 5.11 Å². The van der Waals surface area contributed by atoms with Crippen LogP contribution < -0.4 is 9.47 Å². The fraction of sp³-hybridized carbons (Fsp3) is 0.462. The second-order valence-electron chi connectivity index (χ2n) is 4.08. The number of phenolic OH excluding ortho intramolecular Hbond substituents is 1. The number of aromatic hydroxyl groups is 1. The Labute approximate surface area is 112 Å². The molecule has 0 radical (unpaired) electrons. The summed E-state index contributed by atoms with van der Waals surface area (Å²) in [7, 11) is 2.99. The van der Waals surface area contributed by atoms with E-state index in [1.807, 2.05) is 5.01 Å². The van der Waals surface area contributed by atoms with Gasteiger partial charge in [0.2, 0.25) is 5.75 Å². The topological polar surface area (TPSA) is 63.5 Å². The third kappa shape index (κ3) is 3.29. The van der Waals surface area contributed by atoms with Crippen LogP contribution in [0, 0.1) is 0 Å². The van der Waals surface area contributed by atoms with E-state index in [1.54, 1.807) is 18.3 Å². The molecule has 0 unspecified atom stereocenters. The molecule has 1 aromatic rings. The summed E-state index contributed by atoms with van der Waals surface area (Å²) in [6.07, 6.45) is 1.72. The first-order chi connectivity index (χ1) is 9.24. The van der Waals surface area contributed by atoms with Crippen molar-refractivity contribution < 1.29 is 19.3 Å². The maximum Gasteiger partial charge on any atom is 0.200 e. The molecule has 2 rings (SSSR count). The molecule has 0 spiro atoms. The van der Waals surface area contributed by atoms with E-state index >= 15 is 0 Å². The van der Waals surface area contributed by atoms with E-state index in [1.165, 1.54) is 14.2 Å². The van der Waals surface area contributed by atoms with Crippen LogP contribution in [-0.4, -0.2) is 56.9 Å². The Balaban J connectivity index is 2.17. The van der Waals surface area contributed by atoms with Gasteiger partial charge in [0, 0.05) is 5.56 Å². The van der Waals surface area contributed by atoms with Gasteiger partial charge in [0.05, 0.1) is 46.7 Å². The summed E-state index contributed by atoms with van der Waals surface area (Å²) in [5.41, 5.74) is 0.804. The Kier molecular flexibility index (Phi) is 4.46. The highest BCUT2D eigenvalue weighted by Gasteiger charge is 2.11. The zero-order valence-corrected chi connectivity index (χ0v) is 11.1. The van der Waals surface area contributed by atoms with E-state index < -0.39 is 0 Å². The molecule has 6 nitrogen and oxygen atoms in total. The molecule has 0 aliphatic carbocycles. The van der Waals surface area contributed by atoms with Gasteiger partial charge in [-0.25, -0.2) is 0 Å². The number of rotatable bonds is 4. The van der Waals surface area contributed by atoms with Gasteiger partial charge < -0.3 is 19.3 Å². The van der Waals surface area contributed by atoms with Crippen LogP contribution in [0.25, 0.3) is 0 Å². The van der Waals surface area contributed by atoms with Gasteiger partial charge in [-0.15, -0.1) is 0 Å². The predicted molar refractivity (Wildman–Crippen MR) is 71.2 cm³/mol. The van der Waals surface area contributed by atoms with Crippen LogP contribution in [-0.2, 0) is 4.74 Å². The zero-order chi connectivity index (χ0) is 13.7. The average Bonchev–Trinajstić information content (AvgIpc) is 2.47. The van der Waals surface area contributed by atoms with E-state index in [-0.39, 0.29) is 5.75 Å². The molecular weight excluding hydrogens is 248 g/mol. The van der Waals surface area contributed by atoms with Gasteiger partial charge in [0.1, 0.15) is 0 Å². The summed E-state index contributed by atoms with van der Waals surface area (Å²) in [6.45, 7) is 2.95. The van der Waals surface area contributed by atoms with Crippen molar-refractivity contribution in [1.29, 1.82) is 0 Å². The smallest absolute Gasteiger partial charge is 0.200 e. The fourth-order valence-electron chi connectivity index (χ4n) is 1.81. The summed E-state index contributed by atoms with van der Waals surface area (Å²) in [4.78, 5) is 0. The number of hydrazone groups is 1. The minimum atomic E-state index is -0.00600. The van der Waals surface area contributed by atoms with Crippen LogP contribution in [0.5, 0.6) is 17.2 Å². The molecule has 0 aromatic heterocycles. The van der Waals surface area contributed by atoms with Crippen LogP contribution >= 0.6 is 0 Å². The predicted octanol–water partition coefficient (Wildman–Crippen LogP) is 1.08. The van der Waals surface area contributed by atoms with E-state index in [4.69, 9.17) is 14.2 Å². The standard InChI is InChI=1S/C13H18N2O4/c1-17-11-7-10(8-12(18-2)13(11)16)9-14-15-3-5-19-6-4-15/h7-9,16H,3-6H2,1-2H3/b14-9+. The lowest BCUT2D eigenvalue weighted by molar-refractivity contribution is 0.0397. The molecule has 0 bridgehead atoms. The molecule has 1 aromatic carbocycles. The highest BCUT2D eigenvalue weighted by molar-refractivity contribution is 5.82. The molecule has 0 saturated carbocycles. The molecule has 1 N–H and O–H groups in total. The lowest BCUT2D eigenvalue weighted by Crippen LogP contribution is -2.32. The number of benzene rings is 1. The molecule has 6 heteroatoms. The summed E-state index contributed by atoms with van der Waals surface area (Å²) in [6, 6.07) is 3.42. The molecular formula is C13H18N2O4. The third-order valence-corrected chi connectivity index (χ3v) is 2.86. The van der Waals surface area contributed by atoms with Crippen molar-refractivity contribution in [3.63, 3.8) is 0 Å². The Morgan fingerprint density at radius 2 is 1.79 bits per heavy atom. The third-order valence-electron chi connectivity index (χ3n) is 2.86. The SMILES string of the molecule is COc1cc(/C=N/N2CCOCC2)cc(OC)c1O. The number of nitrogens with zero attached hydrogens (tertiary/aromatic N) is 2. The average molecular weight is 266 g/mol. The molecule has 1 fully saturated rings. The second kappa shape index (κ2) is 6.29. The van der Waals surface area contributed by atoms with Gasteiger partial charge in [-0.05, 0) is 12.1 Å². The maximum atomic E-state index is 9.81. The zero-order valence-electron chi connectivity index (χ0n) is 11.1. The van der Waals surface area contributed by atoms with Crippen molar-refractivity contribution in [1.82, 2.24) is 5.01 Å².